The van der Waals surface area contributed by atoms with Crippen molar-refractivity contribution in [1.29, 1.82) is 0 Å². The van der Waals surface area contributed by atoms with Crippen LogP contribution in [0, 0.1) is 0 Å². The summed E-state index contributed by atoms with van der Waals surface area (Å²) in [7, 11) is -2.03. The van der Waals surface area contributed by atoms with Crippen molar-refractivity contribution >= 4 is 21.5 Å². The van der Waals surface area contributed by atoms with Gasteiger partial charge in [0.15, 0.2) is 5.84 Å². The lowest BCUT2D eigenvalue weighted by Gasteiger charge is -2.22. The van der Waals surface area contributed by atoms with Crippen LogP contribution in [0.4, 0.5) is 5.69 Å². The van der Waals surface area contributed by atoms with Gasteiger partial charge in [0, 0.05) is 12.6 Å². The summed E-state index contributed by atoms with van der Waals surface area (Å²) >= 11 is 0. The topological polar surface area (TPSA) is 61.8 Å². The lowest BCUT2D eigenvalue weighted by molar-refractivity contribution is 0.597. The minimum atomic E-state index is -3.84. The molecule has 0 amide bonds. The fourth-order valence-electron chi connectivity index (χ4n) is 2.37. The molecule has 3 rings (SSSR count). The van der Waals surface area contributed by atoms with Crippen molar-refractivity contribution in [3.63, 3.8) is 0 Å². The van der Waals surface area contributed by atoms with Gasteiger partial charge in [-0.25, -0.2) is 0 Å². The average Bonchev–Trinajstić information content (AvgIpc) is 2.69. The van der Waals surface area contributed by atoms with Crippen molar-refractivity contribution in [2.45, 2.75) is 4.90 Å². The van der Waals surface area contributed by atoms with Crippen molar-refractivity contribution < 1.29 is 8.42 Å². The van der Waals surface area contributed by atoms with Gasteiger partial charge in [-0.2, -0.15) is 8.42 Å². The molecular formula is C20H19N3O2S. The fraction of sp³-hybridized carbons (Fsp3) is 0.0500. The summed E-state index contributed by atoms with van der Waals surface area (Å²) < 4.78 is 29.4. The third-order valence-electron chi connectivity index (χ3n) is 3.72. The minimum absolute atomic E-state index is 0.151. The van der Waals surface area contributed by atoms with E-state index in [1.54, 1.807) is 23.2 Å². The zero-order valence-corrected chi connectivity index (χ0v) is 15.1. The predicted molar refractivity (Wildman–Crippen MR) is 105 cm³/mol. The molecule has 0 saturated carbocycles. The number of amidine groups is 1. The van der Waals surface area contributed by atoms with Crippen molar-refractivity contribution in [2.75, 3.05) is 12.1 Å². The Hall–Kier alpha value is -3.12. The molecule has 6 heteroatoms. The zero-order chi connectivity index (χ0) is 18.4. The van der Waals surface area contributed by atoms with Gasteiger partial charge in [-0.15, -0.1) is 4.40 Å². The highest BCUT2D eigenvalue weighted by Gasteiger charge is 2.16. The van der Waals surface area contributed by atoms with Crippen LogP contribution in [0.5, 0.6) is 0 Å². The largest absolute Gasteiger partial charge is 0.290 e. The van der Waals surface area contributed by atoms with E-state index in [9.17, 15) is 8.42 Å². The molecule has 3 aromatic rings. The van der Waals surface area contributed by atoms with Crippen LogP contribution in [0.2, 0.25) is 0 Å². The summed E-state index contributed by atoms with van der Waals surface area (Å²) in [5.41, 5.74) is 4.64. The molecule has 0 aromatic heterocycles. The van der Waals surface area contributed by atoms with Crippen LogP contribution >= 0.6 is 0 Å². The van der Waals surface area contributed by atoms with Crippen LogP contribution in [-0.2, 0) is 10.0 Å². The number of para-hydroxylation sites is 1. The molecule has 0 bridgehead atoms. The molecule has 0 heterocycles. The number of hydrogen-bond donors (Lipinski definition) is 1. The normalized spacial score (nSPS) is 11.8. The van der Waals surface area contributed by atoms with E-state index in [0.717, 1.165) is 5.69 Å². The molecule has 0 fully saturated rings. The smallest absolute Gasteiger partial charge is 0.284 e. The molecule has 132 valence electrons. The predicted octanol–water partition coefficient (Wildman–Crippen LogP) is 3.46. The lowest BCUT2D eigenvalue weighted by Crippen LogP contribution is -2.40. The van der Waals surface area contributed by atoms with Crippen LogP contribution in [0.25, 0.3) is 0 Å². The molecule has 26 heavy (non-hydrogen) atoms. The summed E-state index contributed by atoms with van der Waals surface area (Å²) in [5.74, 6) is 0.251. The van der Waals surface area contributed by atoms with E-state index in [1.807, 2.05) is 67.7 Å². The number of benzene rings is 3. The Kier molecular flexibility index (Phi) is 5.34. The first kappa shape index (κ1) is 17.7. The maximum absolute atomic E-state index is 12.7. The molecule has 0 spiro atoms. The molecule has 1 N–H and O–H groups in total. The van der Waals surface area contributed by atoms with Gasteiger partial charge in [-0.3, -0.25) is 10.4 Å². The Morgan fingerprint density at radius 1 is 0.808 bits per heavy atom. The van der Waals surface area contributed by atoms with Gasteiger partial charge in [0.05, 0.1) is 10.6 Å². The van der Waals surface area contributed by atoms with E-state index in [1.165, 1.54) is 12.1 Å². The number of rotatable bonds is 5. The van der Waals surface area contributed by atoms with Crippen LogP contribution in [0.15, 0.2) is 100 Å². The number of sulfonamides is 1. The van der Waals surface area contributed by atoms with Gasteiger partial charge < -0.3 is 0 Å². The number of hydrazine groups is 1. The van der Waals surface area contributed by atoms with E-state index < -0.39 is 10.0 Å². The summed E-state index contributed by atoms with van der Waals surface area (Å²) in [4.78, 5) is 0.151. The van der Waals surface area contributed by atoms with Crippen molar-refractivity contribution in [3.8, 4) is 0 Å². The van der Waals surface area contributed by atoms with Crippen LogP contribution in [0.3, 0.4) is 0 Å². The summed E-state index contributed by atoms with van der Waals surface area (Å²) in [6, 6.07) is 26.9. The molecule has 0 atom stereocenters. The number of hydrogen-bond acceptors (Lipinski definition) is 3. The van der Waals surface area contributed by atoms with Crippen LogP contribution in [0.1, 0.15) is 5.56 Å². The standard InChI is InChI=1S/C20H19N3O2S/c1-23(18-13-7-3-8-14-18)21-20(17-11-5-2-6-12-17)22-26(24,25)19-15-9-4-10-16-19/h2-16H,1H3,(H,21,22). The second kappa shape index (κ2) is 7.84. The first-order chi connectivity index (χ1) is 12.6. The maximum Gasteiger partial charge on any atom is 0.284 e. The zero-order valence-electron chi connectivity index (χ0n) is 14.3. The molecule has 0 aliphatic rings. The highest BCUT2D eigenvalue weighted by molar-refractivity contribution is 7.90. The van der Waals surface area contributed by atoms with Crippen LogP contribution in [-0.4, -0.2) is 21.3 Å². The molecule has 0 radical (unpaired) electrons. The molecule has 0 unspecified atom stereocenters. The van der Waals surface area contributed by atoms with Crippen LogP contribution < -0.4 is 10.4 Å². The van der Waals surface area contributed by atoms with E-state index in [4.69, 9.17) is 0 Å². The van der Waals surface area contributed by atoms with Gasteiger partial charge in [0.1, 0.15) is 0 Å². The Morgan fingerprint density at radius 3 is 1.88 bits per heavy atom. The second-order valence-electron chi connectivity index (χ2n) is 5.60. The second-order valence-corrected chi connectivity index (χ2v) is 7.20. The monoisotopic (exact) mass is 365 g/mol. The lowest BCUT2D eigenvalue weighted by atomic mass is 10.2. The van der Waals surface area contributed by atoms with Gasteiger partial charge in [-0.05, 0) is 24.3 Å². The fourth-order valence-corrected chi connectivity index (χ4v) is 3.37. The Labute approximate surface area is 153 Å². The van der Waals surface area contributed by atoms with Crippen molar-refractivity contribution in [2.24, 2.45) is 4.40 Å². The molecule has 0 saturated heterocycles. The Bertz CT molecular complexity index is 973. The van der Waals surface area contributed by atoms with E-state index >= 15 is 0 Å². The summed E-state index contributed by atoms with van der Waals surface area (Å²) in [6.07, 6.45) is 0. The minimum Gasteiger partial charge on any atom is -0.290 e. The molecule has 5 nitrogen and oxygen atoms in total. The Morgan fingerprint density at radius 2 is 1.31 bits per heavy atom. The third-order valence-corrected chi connectivity index (χ3v) is 5.01. The SMILES string of the molecule is CN(N/C(=N\S(=O)(=O)c1ccccc1)c1ccccc1)c1ccccc1. The molecule has 0 aliphatic heterocycles. The van der Waals surface area contributed by atoms with Gasteiger partial charge in [-0.1, -0.05) is 66.7 Å². The number of nitrogens with one attached hydrogen (secondary N) is 1. The van der Waals surface area contributed by atoms with E-state index in [0.29, 0.717) is 5.56 Å². The maximum atomic E-state index is 12.7. The first-order valence-electron chi connectivity index (χ1n) is 8.07. The van der Waals surface area contributed by atoms with E-state index in [2.05, 4.69) is 9.82 Å². The average molecular weight is 365 g/mol. The quantitative estimate of drug-likeness (QED) is 0.427. The van der Waals surface area contributed by atoms with E-state index in [-0.39, 0.29) is 10.7 Å². The molecule has 3 aromatic carbocycles. The van der Waals surface area contributed by atoms with Crippen molar-refractivity contribution in [1.82, 2.24) is 5.43 Å². The molecular weight excluding hydrogens is 346 g/mol. The summed E-state index contributed by atoms with van der Waals surface area (Å²) in [6.45, 7) is 0. The molecule has 0 aliphatic carbocycles. The van der Waals surface area contributed by atoms with Crippen molar-refractivity contribution in [3.05, 3.63) is 96.6 Å². The van der Waals surface area contributed by atoms with Gasteiger partial charge in [0.25, 0.3) is 10.0 Å². The van der Waals surface area contributed by atoms with Gasteiger partial charge >= 0.3 is 0 Å². The third kappa shape index (κ3) is 4.29. The highest BCUT2D eigenvalue weighted by Crippen LogP contribution is 2.14. The number of nitrogens with zero attached hydrogens (tertiary/aromatic N) is 2. The first-order valence-corrected chi connectivity index (χ1v) is 9.51. The van der Waals surface area contributed by atoms with Gasteiger partial charge in [0.2, 0.25) is 0 Å². The highest BCUT2D eigenvalue weighted by atomic mass is 32.2. The Balaban J connectivity index is 1.99. The summed E-state index contributed by atoms with van der Waals surface area (Å²) in [5, 5.41) is 1.73. The number of anilines is 1.